The van der Waals surface area contributed by atoms with Gasteiger partial charge in [0.25, 0.3) is 0 Å². The fourth-order valence-corrected chi connectivity index (χ4v) is 1.76. The summed E-state index contributed by atoms with van der Waals surface area (Å²) in [7, 11) is 1.36. The Kier molecular flexibility index (Phi) is 5.30. The highest BCUT2D eigenvalue weighted by atomic mass is 16.5. The first-order chi connectivity index (χ1) is 10.6. The molecule has 0 atom stereocenters. The molecule has 6 nitrogen and oxygen atoms in total. The number of hydrogen-bond donors (Lipinski definition) is 2. The lowest BCUT2D eigenvalue weighted by Gasteiger charge is -2.10. The molecular weight excluding hydrogens is 280 g/mol. The van der Waals surface area contributed by atoms with Crippen LogP contribution in [0.25, 0.3) is 0 Å². The molecule has 2 aromatic rings. The number of anilines is 3. The van der Waals surface area contributed by atoms with E-state index in [4.69, 9.17) is 0 Å². The zero-order valence-corrected chi connectivity index (χ0v) is 13.0. The molecule has 0 bridgehead atoms. The van der Waals surface area contributed by atoms with Crippen molar-refractivity contribution in [1.29, 1.82) is 0 Å². The molecule has 0 aliphatic rings. The van der Waals surface area contributed by atoms with Crippen LogP contribution in [0, 0.1) is 5.92 Å². The number of esters is 1. The molecular formula is C16H20N4O2. The van der Waals surface area contributed by atoms with Gasteiger partial charge in [-0.3, -0.25) is 0 Å². The largest absolute Gasteiger partial charge is 0.465 e. The van der Waals surface area contributed by atoms with Crippen LogP contribution in [0.5, 0.6) is 0 Å². The molecule has 0 saturated heterocycles. The summed E-state index contributed by atoms with van der Waals surface area (Å²) in [6.07, 6.45) is 1.70. The molecule has 0 radical (unpaired) electrons. The van der Waals surface area contributed by atoms with Crippen LogP contribution in [0.4, 0.5) is 17.5 Å². The first-order valence-corrected chi connectivity index (χ1v) is 7.11. The molecule has 0 spiro atoms. The highest BCUT2D eigenvalue weighted by molar-refractivity contribution is 5.89. The van der Waals surface area contributed by atoms with Gasteiger partial charge >= 0.3 is 5.97 Å². The lowest BCUT2D eigenvalue weighted by Crippen LogP contribution is -2.11. The average molecular weight is 300 g/mol. The van der Waals surface area contributed by atoms with E-state index in [9.17, 15) is 4.79 Å². The van der Waals surface area contributed by atoms with E-state index in [0.717, 1.165) is 12.2 Å². The summed E-state index contributed by atoms with van der Waals surface area (Å²) in [5.41, 5.74) is 1.34. The molecule has 0 unspecified atom stereocenters. The molecule has 0 saturated carbocycles. The summed E-state index contributed by atoms with van der Waals surface area (Å²) < 4.78 is 4.67. The third kappa shape index (κ3) is 4.44. The molecule has 0 amide bonds. The monoisotopic (exact) mass is 300 g/mol. The predicted octanol–water partition coefficient (Wildman–Crippen LogP) is 3.07. The van der Waals surface area contributed by atoms with Crippen molar-refractivity contribution < 1.29 is 9.53 Å². The number of ether oxygens (including phenoxy) is 1. The van der Waals surface area contributed by atoms with E-state index in [1.807, 2.05) is 0 Å². The smallest absolute Gasteiger partial charge is 0.337 e. The van der Waals surface area contributed by atoms with Gasteiger partial charge in [0, 0.05) is 18.4 Å². The van der Waals surface area contributed by atoms with E-state index in [-0.39, 0.29) is 5.97 Å². The average Bonchev–Trinajstić information content (AvgIpc) is 2.53. The first-order valence-electron chi connectivity index (χ1n) is 7.11. The summed E-state index contributed by atoms with van der Waals surface area (Å²) >= 11 is 0. The second-order valence-corrected chi connectivity index (χ2v) is 5.23. The Bertz CT molecular complexity index is 626. The Morgan fingerprint density at radius 2 is 1.95 bits per heavy atom. The number of hydrogen-bond acceptors (Lipinski definition) is 6. The van der Waals surface area contributed by atoms with Gasteiger partial charge in [-0.1, -0.05) is 13.8 Å². The van der Waals surface area contributed by atoms with Crippen LogP contribution in [0.1, 0.15) is 24.2 Å². The van der Waals surface area contributed by atoms with Gasteiger partial charge in [0.1, 0.15) is 5.82 Å². The molecule has 0 aliphatic carbocycles. The minimum absolute atomic E-state index is 0.353. The summed E-state index contributed by atoms with van der Waals surface area (Å²) in [6, 6.07) is 8.79. The number of benzene rings is 1. The normalized spacial score (nSPS) is 10.4. The van der Waals surface area contributed by atoms with E-state index in [0.29, 0.717) is 23.2 Å². The first kappa shape index (κ1) is 15.8. The number of methoxy groups -OCH3 is 1. The van der Waals surface area contributed by atoms with Crippen LogP contribution in [0.2, 0.25) is 0 Å². The van der Waals surface area contributed by atoms with Crippen molar-refractivity contribution >= 4 is 23.4 Å². The molecule has 1 heterocycles. The highest BCUT2D eigenvalue weighted by Gasteiger charge is 2.05. The SMILES string of the molecule is COC(=O)c1ccc(Nc2ccnc(NCC(C)C)n2)cc1. The second-order valence-electron chi connectivity index (χ2n) is 5.23. The Hall–Kier alpha value is -2.63. The Morgan fingerprint density at radius 3 is 2.59 bits per heavy atom. The van der Waals surface area contributed by atoms with Crippen molar-refractivity contribution in [2.75, 3.05) is 24.3 Å². The Labute approximate surface area is 129 Å². The van der Waals surface area contributed by atoms with Crippen LogP contribution in [0.3, 0.4) is 0 Å². The Balaban J connectivity index is 2.04. The van der Waals surface area contributed by atoms with Gasteiger partial charge in [-0.05, 0) is 36.2 Å². The predicted molar refractivity (Wildman–Crippen MR) is 86.4 cm³/mol. The molecule has 0 aliphatic heterocycles. The Morgan fingerprint density at radius 1 is 1.23 bits per heavy atom. The van der Waals surface area contributed by atoms with Gasteiger partial charge < -0.3 is 15.4 Å². The van der Waals surface area contributed by atoms with Crippen LogP contribution in [-0.2, 0) is 4.74 Å². The van der Waals surface area contributed by atoms with Crippen molar-refractivity contribution in [3.63, 3.8) is 0 Å². The number of carbonyl (C=O) groups excluding carboxylic acids is 1. The fourth-order valence-electron chi connectivity index (χ4n) is 1.76. The molecule has 116 valence electrons. The zero-order valence-electron chi connectivity index (χ0n) is 13.0. The van der Waals surface area contributed by atoms with Crippen LogP contribution >= 0.6 is 0 Å². The van der Waals surface area contributed by atoms with Crippen molar-refractivity contribution in [3.8, 4) is 0 Å². The standard InChI is InChI=1S/C16H20N4O2/c1-11(2)10-18-16-17-9-8-14(20-16)19-13-6-4-12(5-7-13)15(21)22-3/h4-9,11H,10H2,1-3H3,(H2,17,18,19,20). The number of aromatic nitrogens is 2. The maximum Gasteiger partial charge on any atom is 0.337 e. The van der Waals surface area contributed by atoms with Gasteiger partial charge in [-0.15, -0.1) is 0 Å². The van der Waals surface area contributed by atoms with E-state index in [1.54, 1.807) is 36.5 Å². The van der Waals surface area contributed by atoms with Gasteiger partial charge in [-0.25, -0.2) is 9.78 Å². The molecule has 1 aromatic carbocycles. The second kappa shape index (κ2) is 7.40. The molecule has 1 aromatic heterocycles. The molecule has 2 N–H and O–H groups in total. The number of rotatable bonds is 6. The third-order valence-electron chi connectivity index (χ3n) is 2.90. The fraction of sp³-hybridized carbons (Fsp3) is 0.312. The minimum atomic E-state index is -0.353. The third-order valence-corrected chi connectivity index (χ3v) is 2.90. The maximum atomic E-state index is 11.4. The van der Waals surface area contributed by atoms with Gasteiger partial charge in [0.05, 0.1) is 12.7 Å². The van der Waals surface area contributed by atoms with Gasteiger partial charge in [0.15, 0.2) is 0 Å². The number of carbonyl (C=O) groups is 1. The van der Waals surface area contributed by atoms with E-state index in [1.165, 1.54) is 7.11 Å². The van der Waals surface area contributed by atoms with Gasteiger partial charge in [0.2, 0.25) is 5.95 Å². The maximum absolute atomic E-state index is 11.4. The van der Waals surface area contributed by atoms with Crippen LogP contribution in [-0.4, -0.2) is 29.6 Å². The summed E-state index contributed by atoms with van der Waals surface area (Å²) in [6.45, 7) is 5.06. The highest BCUT2D eigenvalue weighted by Crippen LogP contribution is 2.16. The van der Waals surface area contributed by atoms with Gasteiger partial charge in [-0.2, -0.15) is 4.98 Å². The number of nitrogens with zero attached hydrogens (tertiary/aromatic N) is 2. The lowest BCUT2D eigenvalue weighted by molar-refractivity contribution is 0.0601. The van der Waals surface area contributed by atoms with E-state index < -0.39 is 0 Å². The molecule has 22 heavy (non-hydrogen) atoms. The van der Waals surface area contributed by atoms with Crippen molar-refractivity contribution in [2.45, 2.75) is 13.8 Å². The van der Waals surface area contributed by atoms with Crippen molar-refractivity contribution in [3.05, 3.63) is 42.1 Å². The van der Waals surface area contributed by atoms with Crippen LogP contribution in [0.15, 0.2) is 36.5 Å². The summed E-state index contributed by atoms with van der Waals surface area (Å²) in [4.78, 5) is 19.9. The summed E-state index contributed by atoms with van der Waals surface area (Å²) in [5, 5.41) is 6.35. The van der Waals surface area contributed by atoms with Crippen molar-refractivity contribution in [2.24, 2.45) is 5.92 Å². The summed E-state index contributed by atoms with van der Waals surface area (Å²) in [5.74, 6) is 1.44. The number of nitrogens with one attached hydrogen (secondary N) is 2. The molecule has 2 rings (SSSR count). The van der Waals surface area contributed by atoms with Crippen LogP contribution < -0.4 is 10.6 Å². The topological polar surface area (TPSA) is 76.1 Å². The van der Waals surface area contributed by atoms with E-state index in [2.05, 4.69) is 39.2 Å². The zero-order chi connectivity index (χ0) is 15.9. The van der Waals surface area contributed by atoms with E-state index >= 15 is 0 Å². The molecule has 0 fully saturated rings. The van der Waals surface area contributed by atoms with Crippen molar-refractivity contribution in [1.82, 2.24) is 9.97 Å². The lowest BCUT2D eigenvalue weighted by atomic mass is 10.2. The quantitative estimate of drug-likeness (QED) is 0.798. The molecule has 6 heteroatoms. The minimum Gasteiger partial charge on any atom is -0.465 e.